The van der Waals surface area contributed by atoms with Gasteiger partial charge in [0.05, 0.1) is 0 Å². The summed E-state index contributed by atoms with van der Waals surface area (Å²) in [4.78, 5) is 0. The molecule has 1 rings (SSSR count). The van der Waals surface area contributed by atoms with E-state index in [1.165, 1.54) is 119 Å². The maximum absolute atomic E-state index is 4.09. The van der Waals surface area contributed by atoms with E-state index in [1.54, 1.807) is 5.57 Å². The van der Waals surface area contributed by atoms with E-state index in [1.807, 2.05) is 0 Å². The number of unbranched alkanes of at least 4 members (excludes halogenated alkanes) is 12. The van der Waals surface area contributed by atoms with Gasteiger partial charge in [0.25, 0.3) is 0 Å². The molecule has 0 spiro atoms. The van der Waals surface area contributed by atoms with Crippen LogP contribution in [0.2, 0.25) is 0 Å². The van der Waals surface area contributed by atoms with Gasteiger partial charge in [0.1, 0.15) is 0 Å². The standard InChI is InChI=1S/C18H36.C12H20/c1-4-5-6-7-8-9-10-11-12-13-14-15-16-17-18(2)3;1-6-8(2)12-7-9(3)10(4)11(12)5/h2,4-17H2,1,3H3;8,12H,3,6-7H2,1-2,4-5H3/t;8-,12+/m.0/s1. The lowest BCUT2D eigenvalue weighted by molar-refractivity contribution is 0.408. The van der Waals surface area contributed by atoms with Gasteiger partial charge in [-0.2, -0.15) is 0 Å². The summed E-state index contributed by atoms with van der Waals surface area (Å²) in [5, 5.41) is 0. The van der Waals surface area contributed by atoms with E-state index in [4.69, 9.17) is 0 Å². The zero-order valence-corrected chi connectivity index (χ0v) is 21.9. The Balaban J connectivity index is 0.000000604. The molecule has 0 nitrogen and oxygen atoms in total. The Kier molecular flexibility index (Phi) is 18.5. The first-order valence-corrected chi connectivity index (χ1v) is 13.3. The van der Waals surface area contributed by atoms with Gasteiger partial charge in [0.2, 0.25) is 0 Å². The minimum Gasteiger partial charge on any atom is -0.100 e. The van der Waals surface area contributed by atoms with Crippen LogP contribution >= 0.6 is 0 Å². The molecule has 0 saturated carbocycles. The molecule has 176 valence electrons. The lowest BCUT2D eigenvalue weighted by Crippen LogP contribution is -2.08. The first-order chi connectivity index (χ1) is 14.3. The summed E-state index contributed by atoms with van der Waals surface area (Å²) in [6, 6.07) is 0. The second-order valence-electron chi connectivity index (χ2n) is 10.1. The van der Waals surface area contributed by atoms with Crippen molar-refractivity contribution in [2.24, 2.45) is 11.8 Å². The zero-order valence-electron chi connectivity index (χ0n) is 21.9. The zero-order chi connectivity index (χ0) is 22.8. The molecule has 0 bridgehead atoms. The highest BCUT2D eigenvalue weighted by Gasteiger charge is 2.26. The quantitative estimate of drug-likeness (QED) is 0.173. The summed E-state index contributed by atoms with van der Waals surface area (Å²) in [6.45, 7) is 21.6. The summed E-state index contributed by atoms with van der Waals surface area (Å²) < 4.78 is 0. The van der Waals surface area contributed by atoms with Gasteiger partial charge in [-0.1, -0.05) is 128 Å². The summed E-state index contributed by atoms with van der Waals surface area (Å²) in [5.74, 6) is 1.60. The Hall–Kier alpha value is -0.780. The van der Waals surface area contributed by atoms with Crippen LogP contribution in [0.5, 0.6) is 0 Å². The molecule has 0 aromatic carbocycles. The summed E-state index contributed by atoms with van der Waals surface area (Å²) in [5.41, 5.74) is 5.74. The van der Waals surface area contributed by atoms with E-state index >= 15 is 0 Å². The summed E-state index contributed by atoms with van der Waals surface area (Å²) >= 11 is 0. The van der Waals surface area contributed by atoms with Gasteiger partial charge in [0, 0.05) is 0 Å². The van der Waals surface area contributed by atoms with Crippen molar-refractivity contribution in [1.82, 2.24) is 0 Å². The fourth-order valence-electron chi connectivity index (χ4n) is 4.49. The third-order valence-electron chi connectivity index (χ3n) is 7.18. The van der Waals surface area contributed by atoms with Crippen molar-refractivity contribution >= 4 is 0 Å². The highest BCUT2D eigenvalue weighted by molar-refractivity contribution is 5.39. The molecular weight excluding hydrogens is 360 g/mol. The van der Waals surface area contributed by atoms with Crippen molar-refractivity contribution in [1.29, 1.82) is 0 Å². The topological polar surface area (TPSA) is 0 Å². The second kappa shape index (κ2) is 18.9. The van der Waals surface area contributed by atoms with E-state index in [0.29, 0.717) is 0 Å². The summed E-state index contributed by atoms with van der Waals surface area (Å²) in [6.07, 6.45) is 22.4. The number of allylic oxidation sites excluding steroid dienone is 4. The average Bonchev–Trinajstić information content (AvgIpc) is 2.98. The lowest BCUT2D eigenvalue weighted by Gasteiger charge is -2.18. The Morgan fingerprint density at radius 2 is 1.27 bits per heavy atom. The Bertz CT molecular complexity index is 478. The van der Waals surface area contributed by atoms with Crippen LogP contribution in [0, 0.1) is 11.8 Å². The molecule has 0 aromatic heterocycles. The number of hydrogen-bond donors (Lipinski definition) is 0. The molecule has 1 aliphatic rings. The van der Waals surface area contributed by atoms with Gasteiger partial charge in [0.15, 0.2) is 0 Å². The largest absolute Gasteiger partial charge is 0.100 e. The molecule has 0 aromatic rings. The monoisotopic (exact) mass is 416 g/mol. The van der Waals surface area contributed by atoms with Gasteiger partial charge in [-0.05, 0) is 57.4 Å². The van der Waals surface area contributed by atoms with Crippen LogP contribution in [0.15, 0.2) is 35.5 Å². The van der Waals surface area contributed by atoms with E-state index in [-0.39, 0.29) is 0 Å². The van der Waals surface area contributed by atoms with E-state index in [2.05, 4.69) is 54.7 Å². The van der Waals surface area contributed by atoms with Crippen LogP contribution in [0.25, 0.3) is 0 Å². The normalized spacial score (nSPS) is 17.1. The van der Waals surface area contributed by atoms with Crippen molar-refractivity contribution < 1.29 is 0 Å². The minimum atomic E-state index is 0.780. The van der Waals surface area contributed by atoms with E-state index in [0.717, 1.165) is 11.8 Å². The van der Waals surface area contributed by atoms with Gasteiger partial charge in [-0.3, -0.25) is 0 Å². The fraction of sp³-hybridized carbons (Fsp3) is 0.800. The van der Waals surface area contributed by atoms with Crippen LogP contribution in [0.3, 0.4) is 0 Å². The molecule has 1 aliphatic carbocycles. The predicted molar refractivity (Wildman–Crippen MR) is 140 cm³/mol. The number of hydrogen-bond acceptors (Lipinski definition) is 0. The van der Waals surface area contributed by atoms with Crippen molar-refractivity contribution in [3.05, 3.63) is 35.5 Å². The molecule has 0 radical (unpaired) electrons. The molecule has 0 heteroatoms. The fourth-order valence-corrected chi connectivity index (χ4v) is 4.49. The number of rotatable bonds is 16. The Morgan fingerprint density at radius 1 is 0.833 bits per heavy atom. The van der Waals surface area contributed by atoms with Crippen LogP contribution in [0.4, 0.5) is 0 Å². The van der Waals surface area contributed by atoms with Crippen LogP contribution in [0.1, 0.15) is 144 Å². The van der Waals surface area contributed by atoms with Gasteiger partial charge < -0.3 is 0 Å². The third-order valence-corrected chi connectivity index (χ3v) is 7.18. The molecule has 0 heterocycles. The highest BCUT2D eigenvalue weighted by atomic mass is 14.3. The maximum Gasteiger partial charge on any atom is -0.0134 e. The molecule has 0 fully saturated rings. The first-order valence-electron chi connectivity index (χ1n) is 13.3. The van der Waals surface area contributed by atoms with Gasteiger partial charge >= 0.3 is 0 Å². The SMILES string of the molecule is C=C(C)CCCCCCCCCCCCCCC.C=C1C[C@H]([C@@H](C)CC)C(C)=C1C. The first kappa shape index (κ1) is 29.2. The molecule has 2 atom stereocenters. The highest BCUT2D eigenvalue weighted by Crippen LogP contribution is 2.39. The van der Waals surface area contributed by atoms with Crippen molar-refractivity contribution in [2.45, 2.75) is 144 Å². The summed E-state index contributed by atoms with van der Waals surface area (Å²) in [7, 11) is 0. The Labute approximate surface area is 191 Å². The Morgan fingerprint density at radius 3 is 1.60 bits per heavy atom. The third kappa shape index (κ3) is 14.3. The average molecular weight is 417 g/mol. The molecule has 0 aliphatic heterocycles. The lowest BCUT2D eigenvalue weighted by atomic mass is 9.87. The molecule has 0 unspecified atom stereocenters. The molecule has 0 saturated heterocycles. The minimum absolute atomic E-state index is 0.780. The van der Waals surface area contributed by atoms with E-state index in [9.17, 15) is 0 Å². The van der Waals surface area contributed by atoms with Crippen LogP contribution in [-0.2, 0) is 0 Å². The predicted octanol–water partition coefficient (Wildman–Crippen LogP) is 11.0. The van der Waals surface area contributed by atoms with Crippen molar-refractivity contribution in [3.8, 4) is 0 Å². The van der Waals surface area contributed by atoms with Crippen molar-refractivity contribution in [3.63, 3.8) is 0 Å². The molecule has 30 heavy (non-hydrogen) atoms. The molecule has 0 amide bonds. The second-order valence-corrected chi connectivity index (χ2v) is 10.1. The van der Waals surface area contributed by atoms with E-state index < -0.39 is 0 Å². The van der Waals surface area contributed by atoms with Crippen LogP contribution < -0.4 is 0 Å². The van der Waals surface area contributed by atoms with Crippen LogP contribution in [-0.4, -0.2) is 0 Å². The molecular formula is C30H56. The maximum atomic E-state index is 4.09. The van der Waals surface area contributed by atoms with Gasteiger partial charge in [-0.25, -0.2) is 0 Å². The molecule has 0 N–H and O–H groups in total. The van der Waals surface area contributed by atoms with Crippen molar-refractivity contribution in [2.75, 3.05) is 0 Å². The van der Waals surface area contributed by atoms with Gasteiger partial charge in [-0.15, -0.1) is 6.58 Å². The smallest absolute Gasteiger partial charge is 0.0134 e.